The average molecular weight is 297 g/mol. The topological polar surface area (TPSA) is 86.5 Å². The molecule has 22 heavy (non-hydrogen) atoms. The van der Waals surface area contributed by atoms with Crippen LogP contribution >= 0.6 is 0 Å². The molecule has 0 saturated carbocycles. The Labute approximate surface area is 125 Å². The molecule has 0 N–H and O–H groups in total. The van der Waals surface area contributed by atoms with E-state index in [4.69, 9.17) is 4.74 Å². The van der Waals surface area contributed by atoms with Gasteiger partial charge in [0.25, 0.3) is 5.69 Å². The Morgan fingerprint density at radius 1 is 1.14 bits per heavy atom. The number of benzene rings is 2. The summed E-state index contributed by atoms with van der Waals surface area (Å²) in [7, 11) is 0. The summed E-state index contributed by atoms with van der Waals surface area (Å²) in [6.45, 7) is 0. The van der Waals surface area contributed by atoms with E-state index in [1.807, 2.05) is 0 Å². The van der Waals surface area contributed by atoms with Crippen LogP contribution in [0.4, 0.5) is 5.69 Å². The fraction of sp³-hybridized carbons (Fsp3) is 0.125. The summed E-state index contributed by atoms with van der Waals surface area (Å²) in [4.78, 5) is 34.5. The first-order valence-electron chi connectivity index (χ1n) is 6.64. The lowest BCUT2D eigenvalue weighted by Crippen LogP contribution is -2.09. The first kappa shape index (κ1) is 13.9. The number of nitrogens with zero attached hydrogens (tertiary/aromatic N) is 1. The van der Waals surface area contributed by atoms with Crippen molar-refractivity contribution in [1.82, 2.24) is 0 Å². The van der Waals surface area contributed by atoms with E-state index >= 15 is 0 Å². The van der Waals surface area contributed by atoms with Gasteiger partial charge >= 0.3 is 5.97 Å². The first-order valence-corrected chi connectivity index (χ1v) is 6.64. The van der Waals surface area contributed by atoms with Gasteiger partial charge in [0.1, 0.15) is 6.10 Å². The molecule has 6 heteroatoms. The number of carbonyl (C=O) groups is 2. The Hall–Kier alpha value is -3.02. The van der Waals surface area contributed by atoms with Crippen LogP contribution in [0.15, 0.2) is 48.5 Å². The predicted octanol–water partition coefficient (Wildman–Crippen LogP) is 3.08. The van der Waals surface area contributed by atoms with Gasteiger partial charge in [-0.05, 0) is 12.1 Å². The number of rotatable bonds is 4. The van der Waals surface area contributed by atoms with Crippen molar-refractivity contribution in [3.05, 3.63) is 75.3 Å². The van der Waals surface area contributed by atoms with Crippen LogP contribution in [0.25, 0.3) is 0 Å². The Kier molecular flexibility index (Phi) is 3.42. The molecule has 3 rings (SSSR count). The molecule has 1 aliphatic heterocycles. The lowest BCUT2D eigenvalue weighted by atomic mass is 9.98. The molecule has 2 aromatic rings. The van der Waals surface area contributed by atoms with Gasteiger partial charge in [-0.2, -0.15) is 0 Å². The molecule has 0 fully saturated rings. The number of nitro benzene ring substituents is 1. The molecule has 0 spiro atoms. The van der Waals surface area contributed by atoms with E-state index in [-0.39, 0.29) is 17.7 Å². The van der Waals surface area contributed by atoms with Gasteiger partial charge in [0.05, 0.1) is 22.5 Å². The van der Waals surface area contributed by atoms with E-state index in [1.165, 1.54) is 18.2 Å². The molecule has 6 nitrogen and oxygen atoms in total. The number of ketones is 1. The van der Waals surface area contributed by atoms with Gasteiger partial charge in [-0.25, -0.2) is 4.79 Å². The summed E-state index contributed by atoms with van der Waals surface area (Å²) in [5.74, 6) is -0.905. The molecule has 0 amide bonds. The van der Waals surface area contributed by atoms with Crippen LogP contribution in [-0.4, -0.2) is 16.7 Å². The highest BCUT2D eigenvalue weighted by molar-refractivity contribution is 6.01. The molecule has 2 aromatic carbocycles. The van der Waals surface area contributed by atoms with Gasteiger partial charge in [-0.3, -0.25) is 14.9 Å². The quantitative estimate of drug-likeness (QED) is 0.374. The maximum absolute atomic E-state index is 12.3. The third kappa shape index (κ3) is 2.35. The minimum absolute atomic E-state index is 0.0212. The summed E-state index contributed by atoms with van der Waals surface area (Å²) in [5.41, 5.74) is 0.848. The first-order chi connectivity index (χ1) is 10.6. The number of nitro groups is 1. The molecule has 0 radical (unpaired) electrons. The fourth-order valence-corrected chi connectivity index (χ4v) is 2.52. The predicted molar refractivity (Wildman–Crippen MR) is 76.6 cm³/mol. The summed E-state index contributed by atoms with van der Waals surface area (Å²) in [6, 6.07) is 12.6. The summed E-state index contributed by atoms with van der Waals surface area (Å²) < 4.78 is 5.19. The molecular weight excluding hydrogens is 286 g/mol. The number of Topliss-reactive ketones (excluding diaryl/α,β-unsaturated/α-hetero) is 1. The van der Waals surface area contributed by atoms with Gasteiger partial charge < -0.3 is 4.74 Å². The molecule has 1 aliphatic rings. The Morgan fingerprint density at radius 3 is 2.59 bits per heavy atom. The molecule has 1 atom stereocenters. The smallest absolute Gasteiger partial charge is 0.339 e. The molecule has 0 aromatic heterocycles. The number of fused-ring (bicyclic) bond motifs is 1. The molecule has 0 bridgehead atoms. The number of para-hydroxylation sites is 1. The zero-order valence-corrected chi connectivity index (χ0v) is 11.4. The summed E-state index contributed by atoms with van der Waals surface area (Å²) >= 11 is 0. The highest BCUT2D eigenvalue weighted by Gasteiger charge is 2.33. The third-order valence-corrected chi connectivity index (χ3v) is 3.55. The molecule has 0 aliphatic carbocycles. The van der Waals surface area contributed by atoms with E-state index in [1.54, 1.807) is 30.3 Å². The molecule has 1 unspecified atom stereocenters. The average Bonchev–Trinajstić information content (AvgIpc) is 2.84. The van der Waals surface area contributed by atoms with Crippen molar-refractivity contribution in [2.75, 3.05) is 0 Å². The van der Waals surface area contributed by atoms with Crippen molar-refractivity contribution in [3.63, 3.8) is 0 Å². The zero-order valence-electron chi connectivity index (χ0n) is 11.4. The van der Waals surface area contributed by atoms with Crippen molar-refractivity contribution in [2.24, 2.45) is 0 Å². The van der Waals surface area contributed by atoms with E-state index in [2.05, 4.69) is 0 Å². The number of esters is 1. The minimum atomic E-state index is -0.698. The van der Waals surface area contributed by atoms with Crippen molar-refractivity contribution < 1.29 is 19.2 Å². The largest absolute Gasteiger partial charge is 0.453 e. The monoisotopic (exact) mass is 297 g/mol. The number of cyclic esters (lactones) is 1. The van der Waals surface area contributed by atoms with Crippen molar-refractivity contribution in [3.8, 4) is 0 Å². The van der Waals surface area contributed by atoms with Gasteiger partial charge in [0.2, 0.25) is 0 Å². The molecule has 0 saturated heterocycles. The van der Waals surface area contributed by atoms with Gasteiger partial charge in [0, 0.05) is 11.6 Å². The molecular formula is C16H11NO5. The third-order valence-electron chi connectivity index (χ3n) is 3.55. The van der Waals surface area contributed by atoms with Gasteiger partial charge in [-0.15, -0.1) is 0 Å². The van der Waals surface area contributed by atoms with Crippen molar-refractivity contribution in [2.45, 2.75) is 12.5 Å². The molecule has 110 valence electrons. The Balaban J connectivity index is 1.88. The lowest BCUT2D eigenvalue weighted by molar-refractivity contribution is -0.385. The number of carbonyl (C=O) groups excluding carboxylic acids is 2. The van der Waals surface area contributed by atoms with Crippen molar-refractivity contribution >= 4 is 17.4 Å². The van der Waals surface area contributed by atoms with Crippen LogP contribution in [-0.2, 0) is 4.74 Å². The molecule has 1 heterocycles. The van der Waals surface area contributed by atoms with Gasteiger partial charge in [-0.1, -0.05) is 30.3 Å². The standard InChI is InChI=1S/C16H11NO5/c18-14(12-7-3-4-8-13(12)17(20)21)9-15-10-5-1-2-6-11(10)16(19)22-15/h1-8,15H,9H2. The van der Waals surface area contributed by atoms with Crippen LogP contribution in [0.2, 0.25) is 0 Å². The number of ether oxygens (including phenoxy) is 1. The SMILES string of the molecule is O=C1OC(CC(=O)c2ccccc2[N+](=O)[O-])c2ccccc21. The second kappa shape index (κ2) is 5.40. The summed E-state index contributed by atoms with van der Waals surface area (Å²) in [6.07, 6.45) is -0.816. The maximum atomic E-state index is 12.3. The summed E-state index contributed by atoms with van der Waals surface area (Å²) in [5, 5.41) is 11.0. The normalized spacial score (nSPS) is 16.0. The van der Waals surface area contributed by atoms with E-state index < -0.39 is 22.8 Å². The Morgan fingerprint density at radius 2 is 1.82 bits per heavy atom. The fourth-order valence-electron chi connectivity index (χ4n) is 2.52. The van der Waals surface area contributed by atoms with Crippen LogP contribution in [0, 0.1) is 10.1 Å². The zero-order chi connectivity index (χ0) is 15.7. The lowest BCUT2D eigenvalue weighted by Gasteiger charge is -2.10. The minimum Gasteiger partial charge on any atom is -0.453 e. The highest BCUT2D eigenvalue weighted by Crippen LogP contribution is 2.34. The van der Waals surface area contributed by atoms with Crippen LogP contribution < -0.4 is 0 Å². The number of hydrogen-bond acceptors (Lipinski definition) is 5. The highest BCUT2D eigenvalue weighted by atomic mass is 16.6. The van der Waals surface area contributed by atoms with Gasteiger partial charge in [0.15, 0.2) is 5.78 Å². The van der Waals surface area contributed by atoms with Crippen molar-refractivity contribution in [1.29, 1.82) is 0 Å². The maximum Gasteiger partial charge on any atom is 0.339 e. The van der Waals surface area contributed by atoms with E-state index in [0.717, 1.165) is 0 Å². The van der Waals surface area contributed by atoms with E-state index in [9.17, 15) is 19.7 Å². The van der Waals surface area contributed by atoms with Crippen LogP contribution in [0.3, 0.4) is 0 Å². The second-order valence-corrected chi connectivity index (χ2v) is 4.88. The van der Waals surface area contributed by atoms with Crippen LogP contribution in [0.5, 0.6) is 0 Å². The number of hydrogen-bond donors (Lipinski definition) is 0. The van der Waals surface area contributed by atoms with Crippen LogP contribution in [0.1, 0.15) is 38.8 Å². The second-order valence-electron chi connectivity index (χ2n) is 4.88. The van der Waals surface area contributed by atoms with E-state index in [0.29, 0.717) is 11.1 Å². The Bertz CT molecular complexity index is 784.